The van der Waals surface area contributed by atoms with Crippen molar-refractivity contribution in [1.82, 2.24) is 10.3 Å². The van der Waals surface area contributed by atoms with Gasteiger partial charge in [0.15, 0.2) is 0 Å². The number of hydrogen-bond donors (Lipinski definition) is 3. The summed E-state index contributed by atoms with van der Waals surface area (Å²) in [5.74, 6) is -0.209. The van der Waals surface area contributed by atoms with E-state index in [1.807, 2.05) is 20.8 Å². The Balaban J connectivity index is 2.50. The average molecular weight is 243 g/mol. The van der Waals surface area contributed by atoms with Crippen LogP contribution in [0.3, 0.4) is 0 Å². The fourth-order valence-electron chi connectivity index (χ4n) is 1.09. The first-order valence-corrected chi connectivity index (χ1v) is 5.88. The number of rotatable bonds is 3. The minimum absolute atomic E-state index is 0.121. The highest BCUT2D eigenvalue weighted by molar-refractivity contribution is 7.07. The van der Waals surface area contributed by atoms with Gasteiger partial charge in [-0.2, -0.15) is 0 Å². The summed E-state index contributed by atoms with van der Waals surface area (Å²) in [5.41, 5.74) is 6.21. The van der Waals surface area contributed by atoms with E-state index in [0.717, 1.165) is 11.3 Å². The maximum Gasteiger partial charge on any atom is 0.304 e. The van der Waals surface area contributed by atoms with Crippen molar-refractivity contribution in [1.29, 1.82) is 0 Å². The number of hydrogen-bond acceptors (Lipinski definition) is 4. The Morgan fingerprint density at radius 3 is 2.69 bits per heavy atom. The first-order valence-electron chi connectivity index (χ1n) is 5.00. The summed E-state index contributed by atoms with van der Waals surface area (Å²) in [6, 6.07) is -0.558. The molecule has 0 saturated heterocycles. The molecule has 1 heterocycles. The van der Waals surface area contributed by atoms with E-state index in [2.05, 4.69) is 10.3 Å². The van der Waals surface area contributed by atoms with Gasteiger partial charge in [0.1, 0.15) is 0 Å². The molecule has 5 nitrogen and oxygen atoms in total. The van der Waals surface area contributed by atoms with Crippen LogP contribution in [0.4, 0.5) is 0 Å². The van der Waals surface area contributed by atoms with Crippen molar-refractivity contribution in [2.45, 2.75) is 33.4 Å². The van der Waals surface area contributed by atoms with Gasteiger partial charge in [-0.25, -0.2) is 0 Å². The third kappa shape index (κ3) is 3.46. The van der Waals surface area contributed by atoms with Crippen molar-refractivity contribution in [3.05, 3.63) is 20.7 Å². The predicted molar refractivity (Wildman–Crippen MR) is 64.2 cm³/mol. The SMILES string of the molecule is CC(C)(C)[C@H](N)C(=O)NCc1csc(=O)[nH]1. The lowest BCUT2D eigenvalue weighted by Crippen LogP contribution is -2.48. The first kappa shape index (κ1) is 12.9. The van der Waals surface area contributed by atoms with Crippen molar-refractivity contribution in [3.63, 3.8) is 0 Å². The van der Waals surface area contributed by atoms with Crippen LogP contribution < -0.4 is 15.9 Å². The van der Waals surface area contributed by atoms with E-state index in [1.54, 1.807) is 5.38 Å². The Hall–Kier alpha value is -1.14. The molecule has 0 bridgehead atoms. The van der Waals surface area contributed by atoms with Crippen molar-refractivity contribution in [2.75, 3.05) is 0 Å². The Bertz CT molecular complexity index is 416. The molecular formula is C10H17N3O2S. The molecule has 1 aromatic heterocycles. The molecule has 0 saturated carbocycles. The number of amides is 1. The van der Waals surface area contributed by atoms with Crippen LogP contribution in [0.2, 0.25) is 0 Å². The van der Waals surface area contributed by atoms with Crippen LogP contribution >= 0.6 is 11.3 Å². The normalized spacial score (nSPS) is 13.5. The molecule has 0 aliphatic carbocycles. The van der Waals surface area contributed by atoms with E-state index in [-0.39, 0.29) is 16.2 Å². The summed E-state index contributed by atoms with van der Waals surface area (Å²) in [6.45, 7) is 6.03. The number of H-pyrrole nitrogens is 1. The molecule has 4 N–H and O–H groups in total. The van der Waals surface area contributed by atoms with Crippen LogP contribution in [0.5, 0.6) is 0 Å². The predicted octanol–water partition coefficient (Wildman–Crippen LogP) is 0.426. The molecule has 1 aromatic rings. The van der Waals surface area contributed by atoms with Gasteiger partial charge in [0.2, 0.25) is 5.91 Å². The van der Waals surface area contributed by atoms with Gasteiger partial charge in [0, 0.05) is 11.1 Å². The lowest BCUT2D eigenvalue weighted by Gasteiger charge is -2.25. The fourth-order valence-corrected chi connectivity index (χ4v) is 1.67. The van der Waals surface area contributed by atoms with Crippen LogP contribution in [-0.2, 0) is 11.3 Å². The minimum Gasteiger partial charge on any atom is -0.349 e. The van der Waals surface area contributed by atoms with E-state index in [0.29, 0.717) is 12.2 Å². The molecule has 1 rings (SSSR count). The monoisotopic (exact) mass is 243 g/mol. The molecule has 0 aliphatic rings. The molecule has 1 atom stereocenters. The fraction of sp³-hybridized carbons (Fsp3) is 0.600. The van der Waals surface area contributed by atoms with E-state index < -0.39 is 6.04 Å². The number of aromatic amines is 1. The average Bonchev–Trinajstić information content (AvgIpc) is 2.58. The van der Waals surface area contributed by atoms with Gasteiger partial charge in [-0.05, 0) is 5.41 Å². The Morgan fingerprint density at radius 1 is 1.62 bits per heavy atom. The highest BCUT2D eigenvalue weighted by Gasteiger charge is 2.27. The third-order valence-electron chi connectivity index (χ3n) is 2.24. The molecule has 0 spiro atoms. The van der Waals surface area contributed by atoms with Gasteiger partial charge in [-0.3, -0.25) is 9.59 Å². The number of carbonyl (C=O) groups is 1. The van der Waals surface area contributed by atoms with Crippen LogP contribution in [0.15, 0.2) is 10.2 Å². The number of aromatic nitrogens is 1. The third-order valence-corrected chi connectivity index (χ3v) is 2.96. The maximum atomic E-state index is 11.6. The molecule has 1 amide bonds. The van der Waals surface area contributed by atoms with Gasteiger partial charge >= 0.3 is 4.87 Å². The van der Waals surface area contributed by atoms with Gasteiger partial charge in [-0.1, -0.05) is 32.1 Å². The zero-order valence-corrected chi connectivity index (χ0v) is 10.5. The van der Waals surface area contributed by atoms with E-state index in [1.165, 1.54) is 0 Å². The van der Waals surface area contributed by atoms with Crippen LogP contribution in [-0.4, -0.2) is 16.9 Å². The van der Waals surface area contributed by atoms with Crippen molar-refractivity contribution in [2.24, 2.45) is 11.1 Å². The second-order valence-electron chi connectivity index (χ2n) is 4.73. The highest BCUT2D eigenvalue weighted by Crippen LogP contribution is 2.17. The summed E-state index contributed by atoms with van der Waals surface area (Å²) in [4.78, 5) is 25.0. The molecule has 0 fully saturated rings. The second-order valence-corrected chi connectivity index (χ2v) is 5.58. The molecular weight excluding hydrogens is 226 g/mol. The number of carbonyl (C=O) groups excluding carboxylic acids is 1. The lowest BCUT2D eigenvalue weighted by molar-refractivity contribution is -0.124. The maximum absolute atomic E-state index is 11.6. The second kappa shape index (κ2) is 4.80. The molecule has 0 aliphatic heterocycles. The lowest BCUT2D eigenvalue weighted by atomic mass is 9.87. The number of nitrogens with two attached hydrogens (primary N) is 1. The Kier molecular flexibility index (Phi) is 3.88. The number of thiazole rings is 1. The summed E-state index contributed by atoms with van der Waals surface area (Å²) in [5, 5.41) is 4.38. The number of nitrogens with one attached hydrogen (secondary N) is 2. The molecule has 0 radical (unpaired) electrons. The zero-order chi connectivity index (χ0) is 12.3. The Morgan fingerprint density at radius 2 is 2.25 bits per heavy atom. The largest absolute Gasteiger partial charge is 0.349 e. The summed E-state index contributed by atoms with van der Waals surface area (Å²) < 4.78 is 0. The molecule has 0 aromatic carbocycles. The highest BCUT2D eigenvalue weighted by atomic mass is 32.1. The van der Waals surface area contributed by atoms with Crippen LogP contribution in [0.1, 0.15) is 26.5 Å². The standard InChI is InChI=1S/C10H17N3O2S/c1-10(2,3)7(11)8(14)12-4-6-5-16-9(15)13-6/h5,7H,4,11H2,1-3H3,(H,12,14)(H,13,15)/t7-/m1/s1. The Labute approximate surface area is 98.1 Å². The summed E-state index contributed by atoms with van der Waals surface area (Å²) in [7, 11) is 0. The topological polar surface area (TPSA) is 88.0 Å². The first-order chi connectivity index (χ1) is 7.30. The molecule has 6 heteroatoms. The van der Waals surface area contributed by atoms with E-state index in [9.17, 15) is 9.59 Å². The van der Waals surface area contributed by atoms with Gasteiger partial charge < -0.3 is 16.0 Å². The minimum atomic E-state index is -0.558. The quantitative estimate of drug-likeness (QED) is 0.719. The molecule has 0 unspecified atom stereocenters. The van der Waals surface area contributed by atoms with Crippen molar-refractivity contribution < 1.29 is 4.79 Å². The summed E-state index contributed by atoms with van der Waals surface area (Å²) in [6.07, 6.45) is 0. The van der Waals surface area contributed by atoms with Gasteiger partial charge in [-0.15, -0.1) is 0 Å². The van der Waals surface area contributed by atoms with Crippen LogP contribution in [0.25, 0.3) is 0 Å². The zero-order valence-electron chi connectivity index (χ0n) is 9.66. The van der Waals surface area contributed by atoms with E-state index >= 15 is 0 Å². The smallest absolute Gasteiger partial charge is 0.304 e. The van der Waals surface area contributed by atoms with Crippen molar-refractivity contribution >= 4 is 17.2 Å². The van der Waals surface area contributed by atoms with Crippen molar-refractivity contribution in [3.8, 4) is 0 Å². The van der Waals surface area contributed by atoms with E-state index in [4.69, 9.17) is 5.73 Å². The summed E-state index contributed by atoms with van der Waals surface area (Å²) >= 11 is 1.08. The molecule has 90 valence electrons. The van der Waals surface area contributed by atoms with Gasteiger partial charge in [0.25, 0.3) is 0 Å². The molecule has 16 heavy (non-hydrogen) atoms. The van der Waals surface area contributed by atoms with Crippen LogP contribution in [0, 0.1) is 5.41 Å². The van der Waals surface area contributed by atoms with Gasteiger partial charge in [0.05, 0.1) is 12.6 Å².